The second-order valence-corrected chi connectivity index (χ2v) is 5.50. The van der Waals surface area contributed by atoms with Gasteiger partial charge in [0.15, 0.2) is 0 Å². The average Bonchev–Trinajstić information content (AvgIpc) is 2.08. The third-order valence-electron chi connectivity index (χ3n) is 1.45. The molecular formula is C11H18BrNO3. The van der Waals surface area contributed by atoms with Crippen LogP contribution in [0.25, 0.3) is 0 Å². The van der Waals surface area contributed by atoms with E-state index >= 15 is 0 Å². The van der Waals surface area contributed by atoms with Gasteiger partial charge in [0.1, 0.15) is 5.60 Å². The van der Waals surface area contributed by atoms with E-state index in [2.05, 4.69) is 27.8 Å². The summed E-state index contributed by atoms with van der Waals surface area (Å²) in [5, 5.41) is 2.61. The molecule has 0 heterocycles. The molecule has 0 aliphatic carbocycles. The summed E-state index contributed by atoms with van der Waals surface area (Å²) in [6, 6.07) is 0. The van der Waals surface area contributed by atoms with Crippen molar-refractivity contribution in [3.63, 3.8) is 0 Å². The first-order valence-electron chi connectivity index (χ1n) is 5.02. The highest BCUT2D eigenvalue weighted by Gasteiger charge is 2.16. The Kier molecular flexibility index (Phi) is 6.33. The van der Waals surface area contributed by atoms with Crippen molar-refractivity contribution in [2.75, 3.05) is 6.54 Å². The van der Waals surface area contributed by atoms with Gasteiger partial charge in [-0.2, -0.15) is 0 Å². The fraction of sp³-hybridized carbons (Fsp3) is 0.636. The quantitative estimate of drug-likeness (QED) is 0.790. The van der Waals surface area contributed by atoms with E-state index in [9.17, 15) is 9.59 Å². The number of carbonyl (C=O) groups excluding carboxylic acids is 2. The van der Waals surface area contributed by atoms with Gasteiger partial charge in [0.25, 0.3) is 0 Å². The van der Waals surface area contributed by atoms with Crippen LogP contribution in [-0.2, 0) is 14.3 Å². The molecule has 0 rings (SSSR count). The van der Waals surface area contributed by atoms with Crippen molar-refractivity contribution in [3.8, 4) is 0 Å². The molecule has 1 amide bonds. The first-order chi connectivity index (χ1) is 7.20. The van der Waals surface area contributed by atoms with E-state index in [0.29, 0.717) is 11.0 Å². The van der Waals surface area contributed by atoms with Crippen molar-refractivity contribution < 1.29 is 14.3 Å². The van der Waals surface area contributed by atoms with E-state index < -0.39 is 5.60 Å². The zero-order valence-electron chi connectivity index (χ0n) is 9.93. The maximum absolute atomic E-state index is 11.3. The Balaban J connectivity index is 3.76. The molecule has 0 saturated carbocycles. The van der Waals surface area contributed by atoms with Crippen molar-refractivity contribution in [2.45, 2.75) is 39.2 Å². The minimum Gasteiger partial charge on any atom is -0.460 e. The van der Waals surface area contributed by atoms with Crippen LogP contribution >= 0.6 is 15.9 Å². The Morgan fingerprint density at radius 2 is 1.88 bits per heavy atom. The highest BCUT2D eigenvalue weighted by atomic mass is 79.9. The Morgan fingerprint density at radius 3 is 2.31 bits per heavy atom. The van der Waals surface area contributed by atoms with Crippen molar-refractivity contribution in [1.82, 2.24) is 5.32 Å². The number of esters is 1. The zero-order chi connectivity index (χ0) is 12.8. The molecule has 0 unspecified atom stereocenters. The Bertz CT molecular complexity index is 281. The van der Waals surface area contributed by atoms with E-state index in [4.69, 9.17) is 4.74 Å². The van der Waals surface area contributed by atoms with Gasteiger partial charge in [0, 0.05) is 17.4 Å². The number of rotatable bonds is 5. The molecule has 1 N–H and O–H groups in total. The predicted octanol–water partition coefficient (Wildman–Crippen LogP) is 2.13. The van der Waals surface area contributed by atoms with Crippen LogP contribution in [0.3, 0.4) is 0 Å². The lowest BCUT2D eigenvalue weighted by Crippen LogP contribution is -2.27. The van der Waals surface area contributed by atoms with Crippen molar-refractivity contribution >= 4 is 27.8 Å². The van der Waals surface area contributed by atoms with Gasteiger partial charge in [0.05, 0.1) is 6.42 Å². The second-order valence-electron chi connectivity index (χ2n) is 4.38. The van der Waals surface area contributed by atoms with Crippen LogP contribution in [0, 0.1) is 0 Å². The lowest BCUT2D eigenvalue weighted by molar-refractivity contribution is -0.155. The van der Waals surface area contributed by atoms with Crippen LogP contribution < -0.4 is 5.32 Å². The molecule has 4 nitrogen and oxygen atoms in total. The minimum absolute atomic E-state index is 0.0951. The maximum Gasteiger partial charge on any atom is 0.306 e. The van der Waals surface area contributed by atoms with Gasteiger partial charge >= 0.3 is 5.97 Å². The molecule has 0 fully saturated rings. The normalized spacial score (nSPS) is 10.8. The zero-order valence-corrected chi connectivity index (χ0v) is 11.5. The largest absolute Gasteiger partial charge is 0.460 e. The molecule has 0 aromatic heterocycles. The number of hydrogen-bond acceptors (Lipinski definition) is 3. The summed E-state index contributed by atoms with van der Waals surface area (Å²) < 4.78 is 5.76. The molecule has 0 saturated heterocycles. The predicted molar refractivity (Wildman–Crippen MR) is 66.2 cm³/mol. The molecule has 0 aromatic rings. The van der Waals surface area contributed by atoms with Crippen LogP contribution in [0.2, 0.25) is 0 Å². The highest BCUT2D eigenvalue weighted by molar-refractivity contribution is 9.11. The summed E-state index contributed by atoms with van der Waals surface area (Å²) in [4.78, 5) is 22.5. The first kappa shape index (κ1) is 15.2. The van der Waals surface area contributed by atoms with E-state index in [-0.39, 0.29) is 24.7 Å². The monoisotopic (exact) mass is 291 g/mol. The molecule has 0 aliphatic heterocycles. The first-order valence-corrected chi connectivity index (χ1v) is 5.82. The van der Waals surface area contributed by atoms with Gasteiger partial charge in [-0.25, -0.2) is 0 Å². The summed E-state index contributed by atoms with van der Waals surface area (Å²) in [5.74, 6) is -0.549. The topological polar surface area (TPSA) is 55.4 Å². The molecule has 0 bridgehead atoms. The molecule has 0 atom stereocenters. The lowest BCUT2D eigenvalue weighted by Gasteiger charge is -2.19. The number of amides is 1. The summed E-state index contributed by atoms with van der Waals surface area (Å²) in [5.41, 5.74) is -0.502. The van der Waals surface area contributed by atoms with Gasteiger partial charge in [-0.15, -0.1) is 0 Å². The molecule has 5 heteroatoms. The van der Waals surface area contributed by atoms with E-state index in [1.807, 2.05) is 0 Å². The van der Waals surface area contributed by atoms with Gasteiger partial charge in [-0.05, 0) is 20.8 Å². The maximum atomic E-state index is 11.3. The Hall–Kier alpha value is -0.840. The third kappa shape index (κ3) is 9.71. The summed E-state index contributed by atoms with van der Waals surface area (Å²) in [6.45, 7) is 9.32. The standard InChI is InChI=1S/C11H18BrNO3/c1-8(12)7-13-9(14)5-6-10(15)16-11(2,3)4/h1,5-7H2,2-4H3,(H,13,14). The molecule has 92 valence electrons. The molecule has 16 heavy (non-hydrogen) atoms. The van der Waals surface area contributed by atoms with Crippen molar-refractivity contribution in [1.29, 1.82) is 0 Å². The Morgan fingerprint density at radius 1 is 1.31 bits per heavy atom. The molecule has 0 aromatic carbocycles. The number of nitrogens with one attached hydrogen (secondary N) is 1. The van der Waals surface area contributed by atoms with Crippen LogP contribution in [0.1, 0.15) is 33.6 Å². The van der Waals surface area contributed by atoms with Crippen LogP contribution in [0.15, 0.2) is 11.1 Å². The van der Waals surface area contributed by atoms with Crippen molar-refractivity contribution in [2.24, 2.45) is 0 Å². The summed E-state index contributed by atoms with van der Waals surface area (Å²) >= 11 is 3.12. The Labute approximate surface area is 105 Å². The third-order valence-corrected chi connectivity index (χ3v) is 1.73. The minimum atomic E-state index is -0.502. The van der Waals surface area contributed by atoms with Gasteiger partial charge in [0.2, 0.25) is 5.91 Å². The number of ether oxygens (including phenoxy) is 1. The SMILES string of the molecule is C=C(Br)CNC(=O)CCC(=O)OC(C)(C)C. The lowest BCUT2D eigenvalue weighted by atomic mass is 10.2. The van der Waals surface area contributed by atoms with Crippen LogP contribution in [0.5, 0.6) is 0 Å². The van der Waals surface area contributed by atoms with Gasteiger partial charge < -0.3 is 10.1 Å². The highest BCUT2D eigenvalue weighted by Crippen LogP contribution is 2.09. The van der Waals surface area contributed by atoms with E-state index in [0.717, 1.165) is 0 Å². The van der Waals surface area contributed by atoms with Gasteiger partial charge in [-0.1, -0.05) is 22.5 Å². The van der Waals surface area contributed by atoms with E-state index in [1.54, 1.807) is 20.8 Å². The summed E-state index contributed by atoms with van der Waals surface area (Å²) in [7, 11) is 0. The fourth-order valence-corrected chi connectivity index (χ4v) is 1.03. The number of halogens is 1. The van der Waals surface area contributed by atoms with Gasteiger partial charge in [-0.3, -0.25) is 9.59 Å². The fourth-order valence-electron chi connectivity index (χ4n) is 0.891. The smallest absolute Gasteiger partial charge is 0.306 e. The average molecular weight is 292 g/mol. The number of carbonyl (C=O) groups is 2. The molecule has 0 aliphatic rings. The van der Waals surface area contributed by atoms with Crippen LogP contribution in [0.4, 0.5) is 0 Å². The van der Waals surface area contributed by atoms with Crippen molar-refractivity contribution in [3.05, 3.63) is 11.1 Å². The number of hydrogen-bond donors (Lipinski definition) is 1. The molecule has 0 spiro atoms. The second kappa shape index (κ2) is 6.68. The van der Waals surface area contributed by atoms with E-state index in [1.165, 1.54) is 0 Å². The summed E-state index contributed by atoms with van der Waals surface area (Å²) in [6.07, 6.45) is 0.229. The molecule has 0 radical (unpaired) electrons. The molecular weight excluding hydrogens is 274 g/mol. The van der Waals surface area contributed by atoms with Crippen LogP contribution in [-0.4, -0.2) is 24.0 Å².